The minimum Gasteiger partial charge on any atom is -0.344 e. The molecule has 0 bridgehead atoms. The summed E-state index contributed by atoms with van der Waals surface area (Å²) in [5, 5.41) is 4.01. The standard InChI is InChI=1S/C22H23ClN2O/c1-15-7-8-19-18(13-15)21(2,3)22(24-20(26)10-12-25(19)22)11-9-16-5-4-6-17(23)14-16/h4-9,11,13-14H,10,12H2,1-3H3,(H,24,26)/b11-9+/t22-/m0/s1. The van der Waals surface area contributed by atoms with Gasteiger partial charge < -0.3 is 10.2 Å². The Morgan fingerprint density at radius 2 is 2.00 bits per heavy atom. The molecule has 2 aromatic carbocycles. The van der Waals surface area contributed by atoms with E-state index < -0.39 is 5.66 Å². The molecule has 0 radical (unpaired) electrons. The average molecular weight is 367 g/mol. The van der Waals surface area contributed by atoms with Gasteiger partial charge in [-0.3, -0.25) is 4.79 Å². The van der Waals surface area contributed by atoms with Crippen LogP contribution >= 0.6 is 11.6 Å². The van der Waals surface area contributed by atoms with Gasteiger partial charge in [0.15, 0.2) is 0 Å². The van der Waals surface area contributed by atoms with Gasteiger partial charge in [-0.2, -0.15) is 0 Å². The van der Waals surface area contributed by atoms with Crippen LogP contribution in [-0.4, -0.2) is 18.1 Å². The number of fused-ring (bicyclic) bond motifs is 3. The number of hydrogen-bond acceptors (Lipinski definition) is 2. The van der Waals surface area contributed by atoms with Gasteiger partial charge in [0.2, 0.25) is 5.91 Å². The lowest BCUT2D eigenvalue weighted by Gasteiger charge is -2.49. The number of carbonyl (C=O) groups excluding carboxylic acids is 1. The van der Waals surface area contributed by atoms with Gasteiger partial charge in [0.05, 0.1) is 0 Å². The predicted octanol–water partition coefficient (Wildman–Crippen LogP) is 4.68. The predicted molar refractivity (Wildman–Crippen MR) is 108 cm³/mol. The number of aryl methyl sites for hydroxylation is 1. The number of nitrogens with zero attached hydrogens (tertiary/aromatic N) is 1. The minimum absolute atomic E-state index is 0.0922. The van der Waals surface area contributed by atoms with Gasteiger partial charge in [-0.25, -0.2) is 0 Å². The molecule has 0 aliphatic carbocycles. The molecule has 2 aliphatic heterocycles. The van der Waals surface area contributed by atoms with E-state index in [2.05, 4.69) is 61.3 Å². The largest absolute Gasteiger partial charge is 0.344 e. The molecule has 1 fully saturated rings. The highest BCUT2D eigenvalue weighted by Crippen LogP contribution is 2.52. The van der Waals surface area contributed by atoms with Crippen LogP contribution in [-0.2, 0) is 10.2 Å². The van der Waals surface area contributed by atoms with Crippen LogP contribution in [0.1, 0.15) is 37.0 Å². The maximum atomic E-state index is 12.4. The molecule has 2 aliphatic rings. The highest BCUT2D eigenvalue weighted by molar-refractivity contribution is 6.30. The molecule has 1 N–H and O–H groups in total. The fourth-order valence-corrected chi connectivity index (χ4v) is 4.49. The molecule has 2 aromatic rings. The number of benzene rings is 2. The second-order valence-corrected chi connectivity index (χ2v) is 8.19. The van der Waals surface area contributed by atoms with E-state index in [-0.39, 0.29) is 11.3 Å². The van der Waals surface area contributed by atoms with E-state index in [1.54, 1.807) is 0 Å². The van der Waals surface area contributed by atoms with Crippen molar-refractivity contribution in [2.75, 3.05) is 11.4 Å². The van der Waals surface area contributed by atoms with Crippen molar-refractivity contribution in [1.82, 2.24) is 5.32 Å². The van der Waals surface area contributed by atoms with Gasteiger partial charge in [-0.05, 0) is 42.3 Å². The van der Waals surface area contributed by atoms with Crippen molar-refractivity contribution in [3.05, 3.63) is 70.3 Å². The fourth-order valence-electron chi connectivity index (χ4n) is 4.29. The molecule has 134 valence electrons. The summed E-state index contributed by atoms with van der Waals surface area (Å²) in [5.41, 5.74) is 3.89. The first-order chi connectivity index (χ1) is 12.3. The molecular formula is C22H23ClN2O. The van der Waals surface area contributed by atoms with Gasteiger partial charge in [0.1, 0.15) is 5.66 Å². The highest BCUT2D eigenvalue weighted by Gasteiger charge is 2.57. The number of carbonyl (C=O) groups is 1. The Balaban J connectivity index is 1.86. The molecular weight excluding hydrogens is 344 g/mol. The summed E-state index contributed by atoms with van der Waals surface area (Å²) in [6.45, 7) is 7.24. The van der Waals surface area contributed by atoms with Gasteiger partial charge in [0.25, 0.3) is 0 Å². The second-order valence-electron chi connectivity index (χ2n) is 7.75. The first-order valence-electron chi connectivity index (χ1n) is 8.98. The average Bonchev–Trinajstić information content (AvgIpc) is 2.78. The smallest absolute Gasteiger partial charge is 0.223 e. The van der Waals surface area contributed by atoms with Gasteiger partial charge in [-0.1, -0.05) is 61.4 Å². The maximum absolute atomic E-state index is 12.4. The van der Waals surface area contributed by atoms with Crippen molar-refractivity contribution < 1.29 is 4.79 Å². The SMILES string of the molecule is Cc1ccc2c(c1)C(C)(C)[C@@]1(/C=C/c3cccc(Cl)c3)NC(=O)CCN21. The lowest BCUT2D eigenvalue weighted by Crippen LogP contribution is -2.68. The van der Waals surface area contributed by atoms with Crippen LogP contribution < -0.4 is 10.2 Å². The number of anilines is 1. The Kier molecular flexibility index (Phi) is 3.89. The van der Waals surface area contributed by atoms with Gasteiger partial charge in [-0.15, -0.1) is 0 Å². The zero-order valence-electron chi connectivity index (χ0n) is 15.3. The zero-order valence-corrected chi connectivity index (χ0v) is 16.1. The van der Waals surface area contributed by atoms with E-state index >= 15 is 0 Å². The molecule has 1 atom stereocenters. The fraction of sp³-hybridized carbons (Fsp3) is 0.318. The normalized spacial score (nSPS) is 23.7. The molecule has 1 amide bonds. The summed E-state index contributed by atoms with van der Waals surface area (Å²) in [7, 11) is 0. The molecule has 4 rings (SSSR count). The summed E-state index contributed by atoms with van der Waals surface area (Å²) < 4.78 is 0. The van der Waals surface area contributed by atoms with Crippen molar-refractivity contribution in [3.8, 4) is 0 Å². The third-order valence-corrected chi connectivity index (χ3v) is 5.99. The van der Waals surface area contributed by atoms with Crippen molar-refractivity contribution in [1.29, 1.82) is 0 Å². The molecule has 0 aromatic heterocycles. The molecule has 0 spiro atoms. The highest BCUT2D eigenvalue weighted by atomic mass is 35.5. The van der Waals surface area contributed by atoms with Crippen molar-refractivity contribution in [2.24, 2.45) is 0 Å². The number of hydrogen-bond donors (Lipinski definition) is 1. The number of amides is 1. The van der Waals surface area contributed by atoms with E-state index in [0.29, 0.717) is 18.0 Å². The lowest BCUT2D eigenvalue weighted by molar-refractivity contribution is -0.124. The zero-order chi connectivity index (χ0) is 18.5. The Hall–Kier alpha value is -2.26. The Labute approximate surface area is 159 Å². The lowest BCUT2D eigenvalue weighted by atomic mass is 9.74. The summed E-state index contributed by atoms with van der Waals surface area (Å²) >= 11 is 6.13. The van der Waals surface area contributed by atoms with Crippen LogP contribution in [0.5, 0.6) is 0 Å². The van der Waals surface area contributed by atoms with Gasteiger partial charge in [0, 0.05) is 29.1 Å². The van der Waals surface area contributed by atoms with Crippen molar-refractivity contribution in [2.45, 2.75) is 38.3 Å². The maximum Gasteiger partial charge on any atom is 0.223 e. The van der Waals surface area contributed by atoms with Gasteiger partial charge >= 0.3 is 0 Å². The number of nitrogens with one attached hydrogen (secondary N) is 1. The Morgan fingerprint density at radius 1 is 1.19 bits per heavy atom. The number of rotatable bonds is 2. The molecule has 0 unspecified atom stereocenters. The van der Waals surface area contributed by atoms with E-state index in [1.165, 1.54) is 16.8 Å². The quantitative estimate of drug-likeness (QED) is 0.837. The van der Waals surface area contributed by atoms with E-state index in [0.717, 1.165) is 5.56 Å². The van der Waals surface area contributed by atoms with Crippen LogP contribution in [0.3, 0.4) is 0 Å². The van der Waals surface area contributed by atoms with Crippen LogP contribution in [0, 0.1) is 6.92 Å². The van der Waals surface area contributed by atoms with Crippen LogP contribution in [0.15, 0.2) is 48.5 Å². The monoisotopic (exact) mass is 366 g/mol. The summed E-state index contributed by atoms with van der Waals surface area (Å²) in [5.74, 6) is 0.0922. The topological polar surface area (TPSA) is 32.3 Å². The number of halogens is 1. The molecule has 4 heteroatoms. The summed E-state index contributed by atoms with van der Waals surface area (Å²) in [6, 6.07) is 14.3. The minimum atomic E-state index is -0.583. The first kappa shape index (κ1) is 17.2. The molecule has 26 heavy (non-hydrogen) atoms. The van der Waals surface area contributed by atoms with Crippen LogP contribution in [0.25, 0.3) is 6.08 Å². The summed E-state index contributed by atoms with van der Waals surface area (Å²) in [4.78, 5) is 14.7. The molecule has 3 nitrogen and oxygen atoms in total. The second kappa shape index (κ2) is 5.88. The molecule has 2 heterocycles. The third kappa shape index (κ3) is 2.45. The van der Waals surface area contributed by atoms with Crippen LogP contribution in [0.4, 0.5) is 5.69 Å². The summed E-state index contributed by atoms with van der Waals surface area (Å²) in [6.07, 6.45) is 4.70. The Morgan fingerprint density at radius 3 is 2.77 bits per heavy atom. The Bertz CT molecular complexity index is 918. The third-order valence-electron chi connectivity index (χ3n) is 5.75. The molecule has 0 saturated carbocycles. The van der Waals surface area contributed by atoms with Crippen molar-refractivity contribution >= 4 is 29.3 Å². The van der Waals surface area contributed by atoms with E-state index in [4.69, 9.17) is 11.6 Å². The van der Waals surface area contributed by atoms with E-state index in [9.17, 15) is 4.79 Å². The van der Waals surface area contributed by atoms with Crippen LogP contribution in [0.2, 0.25) is 5.02 Å². The first-order valence-corrected chi connectivity index (χ1v) is 9.36. The molecule has 1 saturated heterocycles. The van der Waals surface area contributed by atoms with E-state index in [1.807, 2.05) is 24.3 Å². The van der Waals surface area contributed by atoms with Crippen molar-refractivity contribution in [3.63, 3.8) is 0 Å².